The molecule has 0 radical (unpaired) electrons. The molecule has 2 aromatic rings. The lowest BCUT2D eigenvalue weighted by atomic mass is 10.1. The summed E-state index contributed by atoms with van der Waals surface area (Å²) in [5, 5.41) is 2.93. The molecule has 0 fully saturated rings. The number of hydrogen-bond donors (Lipinski definition) is 1. The van der Waals surface area contributed by atoms with Crippen molar-refractivity contribution in [3.63, 3.8) is 0 Å². The lowest BCUT2D eigenvalue weighted by Gasteiger charge is -2.21. The summed E-state index contributed by atoms with van der Waals surface area (Å²) in [6, 6.07) is 9.36. The zero-order valence-electron chi connectivity index (χ0n) is 15.3. The van der Waals surface area contributed by atoms with Gasteiger partial charge in [0.05, 0.1) is 14.2 Å². The molecule has 0 unspecified atom stereocenters. The maximum Gasteiger partial charge on any atom is 0.251 e. The van der Waals surface area contributed by atoms with Gasteiger partial charge < -0.3 is 24.3 Å². The van der Waals surface area contributed by atoms with Gasteiger partial charge in [0.2, 0.25) is 5.75 Å². The van der Waals surface area contributed by atoms with Gasteiger partial charge in [-0.3, -0.25) is 4.79 Å². The van der Waals surface area contributed by atoms with E-state index in [2.05, 4.69) is 11.4 Å². The van der Waals surface area contributed by atoms with Crippen LogP contribution in [0.3, 0.4) is 0 Å². The molecule has 1 aliphatic rings. The van der Waals surface area contributed by atoms with Crippen LogP contribution >= 0.6 is 0 Å². The molecule has 0 atom stereocenters. The molecule has 6 nitrogen and oxygen atoms in total. The van der Waals surface area contributed by atoms with Crippen LogP contribution in [0, 0.1) is 6.92 Å². The highest BCUT2D eigenvalue weighted by Gasteiger charge is 2.20. The number of amides is 1. The Morgan fingerprint density at radius 3 is 2.62 bits per heavy atom. The van der Waals surface area contributed by atoms with E-state index in [1.54, 1.807) is 26.4 Å². The summed E-state index contributed by atoms with van der Waals surface area (Å²) in [7, 11) is 3.19. The Balaban J connectivity index is 1.68. The molecule has 3 rings (SSSR count). The van der Waals surface area contributed by atoms with Crippen molar-refractivity contribution in [2.24, 2.45) is 0 Å². The number of ether oxygens (including phenoxy) is 4. The van der Waals surface area contributed by atoms with Gasteiger partial charge in [0, 0.05) is 12.1 Å². The van der Waals surface area contributed by atoms with Crippen LogP contribution in [-0.2, 0) is 6.42 Å². The highest BCUT2D eigenvalue weighted by Crippen LogP contribution is 2.40. The van der Waals surface area contributed by atoms with Crippen LogP contribution < -0.4 is 24.3 Å². The Bertz CT molecular complexity index is 786. The summed E-state index contributed by atoms with van der Waals surface area (Å²) in [6.45, 7) is 3.44. The van der Waals surface area contributed by atoms with E-state index in [0.717, 1.165) is 16.9 Å². The molecule has 0 saturated carbocycles. The number of rotatable bonds is 6. The summed E-state index contributed by atoms with van der Waals surface area (Å²) >= 11 is 0. The fourth-order valence-corrected chi connectivity index (χ4v) is 2.92. The van der Waals surface area contributed by atoms with Gasteiger partial charge in [0.25, 0.3) is 5.91 Å². The first kappa shape index (κ1) is 17.9. The molecule has 6 heteroatoms. The summed E-state index contributed by atoms with van der Waals surface area (Å²) in [6.07, 6.45) is 0.679. The number of aryl methyl sites for hydroxylation is 1. The maximum atomic E-state index is 12.5. The first-order chi connectivity index (χ1) is 12.6. The van der Waals surface area contributed by atoms with Gasteiger partial charge in [-0.1, -0.05) is 17.7 Å². The van der Waals surface area contributed by atoms with Crippen molar-refractivity contribution in [3.05, 3.63) is 47.0 Å². The summed E-state index contributed by atoms with van der Waals surface area (Å²) in [4.78, 5) is 12.5. The van der Waals surface area contributed by atoms with E-state index in [9.17, 15) is 4.79 Å². The van der Waals surface area contributed by atoms with Gasteiger partial charge in [-0.25, -0.2) is 0 Å². The van der Waals surface area contributed by atoms with Gasteiger partial charge in [-0.2, -0.15) is 0 Å². The van der Waals surface area contributed by atoms with E-state index < -0.39 is 0 Å². The minimum absolute atomic E-state index is 0.188. The third kappa shape index (κ3) is 3.85. The Labute approximate surface area is 153 Å². The minimum atomic E-state index is -0.188. The molecule has 2 aromatic carbocycles. The molecule has 0 saturated heterocycles. The van der Waals surface area contributed by atoms with E-state index in [1.165, 1.54) is 0 Å². The molecular formula is C20H23NO5. The second-order valence-electron chi connectivity index (χ2n) is 6.02. The van der Waals surface area contributed by atoms with Crippen molar-refractivity contribution < 1.29 is 23.7 Å². The number of carbonyl (C=O) groups excluding carboxylic acids is 1. The molecule has 1 heterocycles. The molecule has 1 N–H and O–H groups in total. The van der Waals surface area contributed by atoms with E-state index in [-0.39, 0.29) is 5.91 Å². The topological polar surface area (TPSA) is 66.0 Å². The molecule has 138 valence electrons. The van der Waals surface area contributed by atoms with Crippen molar-refractivity contribution in [2.45, 2.75) is 13.3 Å². The van der Waals surface area contributed by atoms with Gasteiger partial charge >= 0.3 is 0 Å². The number of benzene rings is 2. The zero-order chi connectivity index (χ0) is 18.5. The highest BCUT2D eigenvalue weighted by molar-refractivity contribution is 5.95. The van der Waals surface area contributed by atoms with Crippen LogP contribution in [0.4, 0.5) is 0 Å². The summed E-state index contributed by atoms with van der Waals surface area (Å²) in [5.74, 6) is 2.20. The average Bonchev–Trinajstić information content (AvgIpc) is 2.67. The molecular weight excluding hydrogens is 334 g/mol. The predicted molar refractivity (Wildman–Crippen MR) is 97.8 cm³/mol. The predicted octanol–water partition coefficient (Wildman–Crippen LogP) is 2.76. The smallest absolute Gasteiger partial charge is 0.251 e. The number of fused-ring (bicyclic) bond motifs is 1. The number of nitrogens with one attached hydrogen (secondary N) is 1. The second-order valence-corrected chi connectivity index (χ2v) is 6.02. The monoisotopic (exact) mass is 357 g/mol. The Hall–Kier alpha value is -2.89. The van der Waals surface area contributed by atoms with Gasteiger partial charge in [0.1, 0.15) is 19.0 Å². The maximum absolute atomic E-state index is 12.5. The quantitative estimate of drug-likeness (QED) is 0.861. The van der Waals surface area contributed by atoms with Crippen LogP contribution in [0.2, 0.25) is 0 Å². The summed E-state index contributed by atoms with van der Waals surface area (Å²) < 4.78 is 21.8. The Kier molecular flexibility index (Phi) is 5.51. The highest BCUT2D eigenvalue weighted by atomic mass is 16.6. The van der Waals surface area contributed by atoms with Crippen molar-refractivity contribution in [3.8, 4) is 23.0 Å². The van der Waals surface area contributed by atoms with Crippen molar-refractivity contribution in [1.29, 1.82) is 0 Å². The largest absolute Gasteiger partial charge is 0.496 e. The second kappa shape index (κ2) is 7.99. The van der Waals surface area contributed by atoms with Crippen molar-refractivity contribution in [1.82, 2.24) is 5.32 Å². The van der Waals surface area contributed by atoms with E-state index in [4.69, 9.17) is 18.9 Å². The van der Waals surface area contributed by atoms with Crippen molar-refractivity contribution >= 4 is 5.91 Å². The van der Waals surface area contributed by atoms with Gasteiger partial charge in [-0.15, -0.1) is 0 Å². The van der Waals surface area contributed by atoms with E-state index >= 15 is 0 Å². The molecule has 1 aliphatic heterocycles. The lowest BCUT2D eigenvalue weighted by Crippen LogP contribution is -2.26. The number of carbonyl (C=O) groups is 1. The van der Waals surface area contributed by atoms with Crippen LogP contribution in [-0.4, -0.2) is 39.9 Å². The first-order valence-electron chi connectivity index (χ1n) is 8.51. The van der Waals surface area contributed by atoms with Crippen LogP contribution in [0.15, 0.2) is 30.3 Å². The average molecular weight is 357 g/mol. The Morgan fingerprint density at radius 1 is 1.08 bits per heavy atom. The fourth-order valence-electron chi connectivity index (χ4n) is 2.92. The van der Waals surface area contributed by atoms with Crippen LogP contribution in [0.5, 0.6) is 23.0 Å². The lowest BCUT2D eigenvalue weighted by molar-refractivity contribution is 0.0952. The third-order valence-corrected chi connectivity index (χ3v) is 4.21. The van der Waals surface area contributed by atoms with Crippen LogP contribution in [0.25, 0.3) is 0 Å². The molecule has 0 aliphatic carbocycles. The van der Waals surface area contributed by atoms with Gasteiger partial charge in [-0.05, 0) is 37.1 Å². The molecule has 0 spiro atoms. The number of hydrogen-bond acceptors (Lipinski definition) is 5. The fraction of sp³-hybridized carbons (Fsp3) is 0.350. The molecule has 0 aromatic heterocycles. The molecule has 26 heavy (non-hydrogen) atoms. The summed E-state index contributed by atoms with van der Waals surface area (Å²) in [5.41, 5.74) is 2.69. The van der Waals surface area contributed by atoms with Crippen LogP contribution in [0.1, 0.15) is 21.5 Å². The number of methoxy groups -OCH3 is 2. The zero-order valence-corrected chi connectivity index (χ0v) is 15.3. The standard InChI is InChI=1S/C20H23NO5/c1-13-4-5-16(23-2)14(10-13)6-7-21-20(22)15-11-17(24-3)19-18(12-15)25-8-9-26-19/h4-5,10-12H,6-9H2,1-3H3,(H,21,22). The Morgan fingerprint density at radius 2 is 1.85 bits per heavy atom. The molecule has 0 bridgehead atoms. The van der Waals surface area contributed by atoms with Gasteiger partial charge in [0.15, 0.2) is 11.5 Å². The SMILES string of the molecule is COc1ccc(C)cc1CCNC(=O)c1cc(OC)c2c(c1)OCCO2. The van der Waals surface area contributed by atoms with E-state index in [0.29, 0.717) is 49.0 Å². The van der Waals surface area contributed by atoms with Crippen molar-refractivity contribution in [2.75, 3.05) is 34.0 Å². The first-order valence-corrected chi connectivity index (χ1v) is 8.51. The minimum Gasteiger partial charge on any atom is -0.496 e. The normalized spacial score (nSPS) is 12.4. The molecule has 1 amide bonds. The van der Waals surface area contributed by atoms with E-state index in [1.807, 2.05) is 19.1 Å². The third-order valence-electron chi connectivity index (χ3n) is 4.21.